The van der Waals surface area contributed by atoms with Crippen LogP contribution in [0.3, 0.4) is 0 Å². The summed E-state index contributed by atoms with van der Waals surface area (Å²) in [4.78, 5) is 21.5. The Labute approximate surface area is 103 Å². The van der Waals surface area contributed by atoms with Crippen LogP contribution in [0.2, 0.25) is 0 Å². The number of hydrogen-bond donors (Lipinski definition) is 4. The van der Waals surface area contributed by atoms with E-state index in [-0.39, 0.29) is 18.7 Å². The molecule has 6 nitrogen and oxygen atoms in total. The van der Waals surface area contributed by atoms with Crippen molar-refractivity contribution in [3.8, 4) is 0 Å². The molecule has 1 aromatic rings. The molecule has 1 rings (SSSR count). The van der Waals surface area contributed by atoms with Gasteiger partial charge in [0.1, 0.15) is 0 Å². The van der Waals surface area contributed by atoms with Crippen molar-refractivity contribution in [2.45, 2.75) is 12.8 Å². The molecule has 0 fully saturated rings. The van der Waals surface area contributed by atoms with Crippen molar-refractivity contribution in [2.75, 3.05) is 5.32 Å². The summed E-state index contributed by atoms with van der Waals surface area (Å²) in [6.45, 7) is 0. The van der Waals surface area contributed by atoms with Gasteiger partial charge in [0, 0.05) is 0 Å². The van der Waals surface area contributed by atoms with E-state index >= 15 is 0 Å². The normalized spacial score (nSPS) is 10.3. The summed E-state index contributed by atoms with van der Waals surface area (Å²) in [5.41, 5.74) is 0.500. The standard InChI is InChI=1S/C10H12AsNO5/c13-9(5-6-10(14)15)12-8-3-1-7(2-4-8)11(16)17/h1-4,16-17H,5-6H2,(H,12,13)(H,14,15). The first-order valence-corrected chi connectivity index (χ1v) is 7.40. The van der Waals surface area contributed by atoms with Crippen LogP contribution in [-0.4, -0.2) is 40.5 Å². The number of benzene rings is 1. The van der Waals surface area contributed by atoms with Gasteiger partial charge in [0.2, 0.25) is 0 Å². The van der Waals surface area contributed by atoms with Crippen molar-refractivity contribution < 1.29 is 22.9 Å². The minimum atomic E-state index is -2.87. The van der Waals surface area contributed by atoms with Gasteiger partial charge in [-0.05, 0) is 0 Å². The van der Waals surface area contributed by atoms with Gasteiger partial charge in [-0.1, -0.05) is 0 Å². The molecule has 0 spiro atoms. The van der Waals surface area contributed by atoms with Crippen molar-refractivity contribution in [1.82, 2.24) is 0 Å². The fraction of sp³-hybridized carbons (Fsp3) is 0.200. The zero-order valence-electron chi connectivity index (χ0n) is 8.83. The number of carboxylic acid groups (broad SMARTS) is 1. The Morgan fingerprint density at radius 2 is 1.71 bits per heavy atom. The summed E-state index contributed by atoms with van der Waals surface area (Å²) in [6, 6.07) is 6.13. The van der Waals surface area contributed by atoms with Crippen molar-refractivity contribution >= 4 is 37.2 Å². The third-order valence-corrected chi connectivity index (χ3v) is 3.54. The molecule has 0 saturated carbocycles. The van der Waals surface area contributed by atoms with Crippen LogP contribution in [0.5, 0.6) is 0 Å². The van der Waals surface area contributed by atoms with Crippen LogP contribution in [0.1, 0.15) is 12.8 Å². The monoisotopic (exact) mass is 301 g/mol. The van der Waals surface area contributed by atoms with Gasteiger partial charge in [0.05, 0.1) is 0 Å². The molecule has 0 saturated heterocycles. The molecule has 0 bridgehead atoms. The second kappa shape index (κ2) is 6.39. The van der Waals surface area contributed by atoms with Crippen molar-refractivity contribution in [1.29, 1.82) is 0 Å². The van der Waals surface area contributed by atoms with Crippen LogP contribution in [0.4, 0.5) is 5.69 Å². The Bertz CT molecular complexity index is 404. The molecule has 92 valence electrons. The summed E-state index contributed by atoms with van der Waals surface area (Å²) in [5, 5.41) is 10.9. The second-order valence-corrected chi connectivity index (χ2v) is 5.58. The Hall–Kier alpha value is -1.36. The number of amides is 1. The molecule has 0 aliphatic heterocycles. The van der Waals surface area contributed by atoms with Crippen LogP contribution >= 0.6 is 0 Å². The number of carbonyl (C=O) groups is 2. The predicted octanol–water partition coefficient (Wildman–Crippen LogP) is -0.830. The fourth-order valence-corrected chi connectivity index (χ4v) is 1.99. The molecular weight excluding hydrogens is 289 g/mol. The molecule has 0 aliphatic carbocycles. The van der Waals surface area contributed by atoms with Gasteiger partial charge in [-0.2, -0.15) is 0 Å². The zero-order chi connectivity index (χ0) is 12.8. The Kier molecular flexibility index (Phi) is 5.15. The summed E-state index contributed by atoms with van der Waals surface area (Å²) in [7, 11) is 0. The average Bonchev–Trinajstić information content (AvgIpc) is 2.27. The van der Waals surface area contributed by atoms with E-state index in [0.717, 1.165) is 0 Å². The first kappa shape index (κ1) is 13.7. The van der Waals surface area contributed by atoms with E-state index < -0.39 is 21.3 Å². The molecule has 7 heteroatoms. The summed E-state index contributed by atoms with van der Waals surface area (Å²) in [5.74, 6) is -1.41. The quantitative estimate of drug-likeness (QED) is 0.531. The number of rotatable bonds is 5. The molecule has 1 aromatic carbocycles. The second-order valence-electron chi connectivity index (χ2n) is 3.28. The minimum absolute atomic E-state index is 0.0884. The summed E-state index contributed by atoms with van der Waals surface area (Å²) in [6.07, 6.45) is -0.304. The van der Waals surface area contributed by atoms with Crippen molar-refractivity contribution in [3.05, 3.63) is 24.3 Å². The summed E-state index contributed by atoms with van der Waals surface area (Å²) < 4.78 is 18.4. The van der Waals surface area contributed by atoms with Crippen LogP contribution < -0.4 is 9.67 Å². The summed E-state index contributed by atoms with van der Waals surface area (Å²) >= 11 is -2.87. The van der Waals surface area contributed by atoms with Gasteiger partial charge in [-0.25, -0.2) is 0 Å². The maximum absolute atomic E-state index is 11.3. The average molecular weight is 301 g/mol. The van der Waals surface area contributed by atoms with Crippen LogP contribution in [0.25, 0.3) is 0 Å². The molecule has 0 aromatic heterocycles. The van der Waals surface area contributed by atoms with Gasteiger partial charge in [0.25, 0.3) is 0 Å². The molecule has 0 aliphatic rings. The van der Waals surface area contributed by atoms with Crippen LogP contribution in [-0.2, 0) is 9.59 Å². The molecule has 4 N–H and O–H groups in total. The van der Waals surface area contributed by atoms with E-state index in [1.807, 2.05) is 0 Å². The molecule has 0 radical (unpaired) electrons. The first-order valence-electron chi connectivity index (χ1n) is 4.78. The van der Waals surface area contributed by atoms with Gasteiger partial charge in [-0.3, -0.25) is 0 Å². The van der Waals surface area contributed by atoms with E-state index in [9.17, 15) is 9.59 Å². The van der Waals surface area contributed by atoms with Crippen LogP contribution in [0.15, 0.2) is 24.3 Å². The van der Waals surface area contributed by atoms with Gasteiger partial charge in [0.15, 0.2) is 0 Å². The number of anilines is 1. The van der Waals surface area contributed by atoms with E-state index in [1.54, 1.807) is 12.1 Å². The third-order valence-electron chi connectivity index (χ3n) is 1.95. The number of nitrogens with one attached hydrogen (secondary N) is 1. The molecule has 1 amide bonds. The fourth-order valence-electron chi connectivity index (χ4n) is 1.12. The van der Waals surface area contributed by atoms with E-state index in [1.165, 1.54) is 12.1 Å². The van der Waals surface area contributed by atoms with Gasteiger partial charge in [-0.15, -0.1) is 0 Å². The third kappa shape index (κ3) is 4.99. The SMILES string of the molecule is O=C(O)CCC(=O)Nc1ccc([As](O)O)cc1. The zero-order valence-corrected chi connectivity index (χ0v) is 10.7. The number of hydrogen-bond acceptors (Lipinski definition) is 4. The van der Waals surface area contributed by atoms with E-state index in [4.69, 9.17) is 13.3 Å². The topological polar surface area (TPSA) is 107 Å². The van der Waals surface area contributed by atoms with E-state index in [2.05, 4.69) is 5.32 Å². The Balaban J connectivity index is 2.51. The number of aliphatic carboxylic acids is 1. The predicted molar refractivity (Wildman–Crippen MR) is 61.8 cm³/mol. The van der Waals surface area contributed by atoms with Crippen molar-refractivity contribution in [2.24, 2.45) is 0 Å². The van der Waals surface area contributed by atoms with Crippen LogP contribution in [0, 0.1) is 0 Å². The first-order chi connectivity index (χ1) is 7.99. The Morgan fingerprint density at radius 1 is 1.12 bits per heavy atom. The molecule has 0 unspecified atom stereocenters. The van der Waals surface area contributed by atoms with E-state index in [0.29, 0.717) is 10.0 Å². The number of carboxylic acids is 1. The molecular formula is C10H12AsNO5. The molecule has 0 heterocycles. The van der Waals surface area contributed by atoms with Gasteiger partial charge >= 0.3 is 103 Å². The Morgan fingerprint density at radius 3 is 2.18 bits per heavy atom. The van der Waals surface area contributed by atoms with Gasteiger partial charge < -0.3 is 0 Å². The maximum atomic E-state index is 11.3. The van der Waals surface area contributed by atoms with Crippen molar-refractivity contribution in [3.63, 3.8) is 0 Å². The molecule has 0 atom stereocenters. The number of carbonyl (C=O) groups excluding carboxylic acids is 1. The molecule has 17 heavy (non-hydrogen) atoms.